The van der Waals surface area contributed by atoms with Gasteiger partial charge in [0.15, 0.2) is 0 Å². The molecule has 2 nitrogen and oxygen atoms in total. The lowest BCUT2D eigenvalue weighted by Crippen LogP contribution is -2.23. The molecule has 2 aromatic carbocycles. The zero-order valence-corrected chi connectivity index (χ0v) is 9.81. The molecule has 86 valence electrons. The summed E-state index contributed by atoms with van der Waals surface area (Å²) in [7, 11) is 0. The average molecular weight is 225 g/mol. The Bertz CT molecular complexity index is 522. The van der Waals surface area contributed by atoms with Gasteiger partial charge in [-0.15, -0.1) is 0 Å². The molecule has 0 amide bonds. The third kappa shape index (κ3) is 1.98. The Labute approximate surface area is 101 Å². The predicted molar refractivity (Wildman–Crippen MR) is 69.5 cm³/mol. The van der Waals surface area contributed by atoms with Gasteiger partial charge in [0.25, 0.3) is 0 Å². The molecule has 0 saturated heterocycles. The maximum absolute atomic E-state index is 5.78. The summed E-state index contributed by atoms with van der Waals surface area (Å²) in [5, 5.41) is 3.53. The highest BCUT2D eigenvalue weighted by Gasteiger charge is 2.19. The van der Waals surface area contributed by atoms with Crippen LogP contribution in [-0.4, -0.2) is 6.61 Å². The van der Waals surface area contributed by atoms with Crippen molar-refractivity contribution in [1.29, 1.82) is 0 Å². The molecule has 3 rings (SSSR count). The Balaban J connectivity index is 1.90. The highest BCUT2D eigenvalue weighted by molar-refractivity contribution is 5.60. The number of fused-ring (bicyclic) bond motifs is 1. The van der Waals surface area contributed by atoms with E-state index in [2.05, 4.69) is 48.6 Å². The average Bonchev–Trinajstić information content (AvgIpc) is 2.39. The van der Waals surface area contributed by atoms with E-state index in [1.165, 1.54) is 11.1 Å². The minimum Gasteiger partial charge on any atom is -0.489 e. The molecule has 0 aromatic heterocycles. The molecule has 0 bridgehead atoms. The predicted octanol–water partition coefficient (Wildman–Crippen LogP) is 3.54. The third-order valence-electron chi connectivity index (χ3n) is 3.07. The van der Waals surface area contributed by atoms with E-state index in [0.29, 0.717) is 6.61 Å². The fraction of sp³-hybridized carbons (Fsp3) is 0.200. The van der Waals surface area contributed by atoms with Crippen LogP contribution in [-0.2, 0) is 0 Å². The molecule has 0 spiro atoms. The van der Waals surface area contributed by atoms with Gasteiger partial charge >= 0.3 is 0 Å². The van der Waals surface area contributed by atoms with Gasteiger partial charge in [0.05, 0.1) is 11.7 Å². The molecule has 0 aliphatic carbocycles. The topological polar surface area (TPSA) is 21.3 Å². The second kappa shape index (κ2) is 4.13. The maximum Gasteiger partial charge on any atom is 0.142 e. The second-order valence-corrected chi connectivity index (χ2v) is 4.42. The number of ether oxygens (including phenoxy) is 1. The summed E-state index contributed by atoms with van der Waals surface area (Å²) in [6, 6.07) is 16.9. The highest BCUT2D eigenvalue weighted by atomic mass is 16.5. The Hall–Kier alpha value is -1.96. The van der Waals surface area contributed by atoms with E-state index in [0.717, 1.165) is 11.4 Å². The van der Waals surface area contributed by atoms with E-state index in [-0.39, 0.29) is 6.04 Å². The second-order valence-electron chi connectivity index (χ2n) is 4.42. The number of benzene rings is 2. The summed E-state index contributed by atoms with van der Waals surface area (Å²) in [6.07, 6.45) is 0. The number of nitrogens with one attached hydrogen (secondary N) is 1. The normalized spacial score (nSPS) is 17.8. The summed E-state index contributed by atoms with van der Waals surface area (Å²) in [5.41, 5.74) is 3.60. The van der Waals surface area contributed by atoms with Gasteiger partial charge < -0.3 is 10.1 Å². The number of hydrogen-bond donors (Lipinski definition) is 1. The summed E-state index contributed by atoms with van der Waals surface area (Å²) >= 11 is 0. The van der Waals surface area contributed by atoms with E-state index in [1.54, 1.807) is 0 Å². The van der Waals surface area contributed by atoms with E-state index < -0.39 is 0 Å². The molecule has 2 aromatic rings. The highest BCUT2D eigenvalue weighted by Crippen LogP contribution is 2.34. The standard InChI is InChI=1S/C15H15NO/c1-11-7-8-15-13(9-11)16-14(10-17-15)12-5-3-2-4-6-12/h2-9,14,16H,10H2,1H3. The van der Waals surface area contributed by atoms with Crippen LogP contribution in [0.4, 0.5) is 5.69 Å². The molecule has 0 saturated carbocycles. The van der Waals surface area contributed by atoms with Gasteiger partial charge in [0, 0.05) is 0 Å². The van der Waals surface area contributed by atoms with Crippen molar-refractivity contribution in [3.05, 3.63) is 59.7 Å². The smallest absolute Gasteiger partial charge is 0.142 e. The van der Waals surface area contributed by atoms with Gasteiger partial charge in [-0.1, -0.05) is 36.4 Å². The van der Waals surface area contributed by atoms with Crippen LogP contribution in [0.2, 0.25) is 0 Å². The van der Waals surface area contributed by atoms with Crippen LogP contribution in [0, 0.1) is 6.92 Å². The molecule has 2 heteroatoms. The molecule has 1 aliphatic heterocycles. The van der Waals surface area contributed by atoms with Crippen molar-refractivity contribution in [3.63, 3.8) is 0 Å². The summed E-state index contributed by atoms with van der Waals surface area (Å²) < 4.78 is 5.78. The van der Waals surface area contributed by atoms with Crippen LogP contribution in [0.25, 0.3) is 0 Å². The van der Waals surface area contributed by atoms with Crippen molar-refractivity contribution in [2.75, 3.05) is 11.9 Å². The van der Waals surface area contributed by atoms with Gasteiger partial charge in [-0.05, 0) is 30.2 Å². The lowest BCUT2D eigenvalue weighted by molar-refractivity contribution is 0.286. The van der Waals surface area contributed by atoms with Crippen molar-refractivity contribution in [2.45, 2.75) is 13.0 Å². The van der Waals surface area contributed by atoms with Crippen LogP contribution < -0.4 is 10.1 Å². The van der Waals surface area contributed by atoms with E-state index in [1.807, 2.05) is 12.1 Å². The van der Waals surface area contributed by atoms with E-state index >= 15 is 0 Å². The third-order valence-corrected chi connectivity index (χ3v) is 3.07. The molecule has 1 unspecified atom stereocenters. The summed E-state index contributed by atoms with van der Waals surface area (Å²) in [6.45, 7) is 2.77. The van der Waals surface area contributed by atoms with Gasteiger partial charge in [-0.2, -0.15) is 0 Å². The van der Waals surface area contributed by atoms with Crippen LogP contribution in [0.5, 0.6) is 5.75 Å². The first-order valence-electron chi connectivity index (χ1n) is 5.88. The van der Waals surface area contributed by atoms with Gasteiger partial charge in [-0.25, -0.2) is 0 Å². The molecule has 17 heavy (non-hydrogen) atoms. The van der Waals surface area contributed by atoms with Crippen LogP contribution in [0.1, 0.15) is 17.2 Å². The van der Waals surface area contributed by atoms with Gasteiger partial charge in [0.1, 0.15) is 12.4 Å². The number of aryl methyl sites for hydroxylation is 1. The SMILES string of the molecule is Cc1ccc2c(c1)NC(c1ccccc1)CO2. The Morgan fingerprint density at radius 1 is 1.12 bits per heavy atom. The molecular formula is C15H15NO. The number of hydrogen-bond acceptors (Lipinski definition) is 2. The molecule has 1 N–H and O–H groups in total. The van der Waals surface area contributed by atoms with Crippen LogP contribution in [0.15, 0.2) is 48.5 Å². The number of rotatable bonds is 1. The zero-order valence-electron chi connectivity index (χ0n) is 9.81. The van der Waals surface area contributed by atoms with E-state index in [9.17, 15) is 0 Å². The fourth-order valence-electron chi connectivity index (χ4n) is 2.15. The minimum absolute atomic E-state index is 0.241. The first-order valence-corrected chi connectivity index (χ1v) is 5.88. The minimum atomic E-state index is 0.241. The molecule has 0 fully saturated rings. The van der Waals surface area contributed by atoms with Crippen molar-refractivity contribution >= 4 is 5.69 Å². The molecule has 1 aliphatic rings. The van der Waals surface area contributed by atoms with Crippen molar-refractivity contribution in [3.8, 4) is 5.75 Å². The largest absolute Gasteiger partial charge is 0.489 e. The summed E-state index contributed by atoms with van der Waals surface area (Å²) in [4.78, 5) is 0. The van der Waals surface area contributed by atoms with E-state index in [4.69, 9.17) is 4.74 Å². The lowest BCUT2D eigenvalue weighted by Gasteiger charge is -2.28. The molecule has 0 radical (unpaired) electrons. The van der Waals surface area contributed by atoms with Gasteiger partial charge in [-0.3, -0.25) is 0 Å². The first-order chi connectivity index (χ1) is 8.33. The summed E-state index contributed by atoms with van der Waals surface area (Å²) in [5.74, 6) is 0.947. The quantitative estimate of drug-likeness (QED) is 0.801. The molecule has 1 atom stereocenters. The molecular weight excluding hydrogens is 210 g/mol. The van der Waals surface area contributed by atoms with Crippen molar-refractivity contribution in [2.24, 2.45) is 0 Å². The van der Waals surface area contributed by atoms with Gasteiger partial charge in [0.2, 0.25) is 0 Å². The Kier molecular flexibility index (Phi) is 2.48. The Morgan fingerprint density at radius 3 is 2.76 bits per heavy atom. The number of anilines is 1. The van der Waals surface area contributed by atoms with Crippen molar-refractivity contribution < 1.29 is 4.74 Å². The first kappa shape index (κ1) is 10.2. The Morgan fingerprint density at radius 2 is 1.94 bits per heavy atom. The zero-order chi connectivity index (χ0) is 11.7. The lowest BCUT2D eigenvalue weighted by atomic mass is 10.1. The fourth-order valence-corrected chi connectivity index (χ4v) is 2.15. The van der Waals surface area contributed by atoms with Crippen molar-refractivity contribution in [1.82, 2.24) is 0 Å². The maximum atomic E-state index is 5.78. The molecule has 1 heterocycles. The van der Waals surface area contributed by atoms with Crippen LogP contribution >= 0.6 is 0 Å². The van der Waals surface area contributed by atoms with Crippen LogP contribution in [0.3, 0.4) is 0 Å². The monoisotopic (exact) mass is 225 g/mol.